The molecule has 0 amide bonds. The summed E-state index contributed by atoms with van der Waals surface area (Å²) in [5, 5.41) is 2.13. The van der Waals surface area contributed by atoms with Crippen LogP contribution in [0.5, 0.6) is 0 Å². The van der Waals surface area contributed by atoms with Gasteiger partial charge in [0.1, 0.15) is 0 Å². The van der Waals surface area contributed by atoms with E-state index in [0.29, 0.717) is 6.04 Å². The third-order valence-corrected chi connectivity index (χ3v) is 3.86. The highest BCUT2D eigenvalue weighted by atomic mass is 32.1. The van der Waals surface area contributed by atoms with Crippen LogP contribution in [0.1, 0.15) is 25.5 Å². The van der Waals surface area contributed by atoms with Crippen LogP contribution in [0.15, 0.2) is 10.9 Å². The van der Waals surface area contributed by atoms with E-state index in [1.54, 1.807) is 11.3 Å². The molecule has 2 rings (SSSR count). The molecule has 1 aliphatic rings. The monoisotopic (exact) mass is 225 g/mol. The molecule has 2 atom stereocenters. The van der Waals surface area contributed by atoms with Gasteiger partial charge in [-0.1, -0.05) is 6.92 Å². The zero-order valence-electron chi connectivity index (χ0n) is 9.22. The summed E-state index contributed by atoms with van der Waals surface area (Å²) in [7, 11) is 0. The fourth-order valence-corrected chi connectivity index (χ4v) is 2.83. The second kappa shape index (κ2) is 5.05. The lowest BCUT2D eigenvalue weighted by molar-refractivity contribution is 0.114. The van der Waals surface area contributed by atoms with Gasteiger partial charge in [0.2, 0.25) is 0 Å². The largest absolute Gasteiger partial charge is 0.329 e. The molecule has 2 heterocycles. The van der Waals surface area contributed by atoms with Crippen molar-refractivity contribution in [2.24, 2.45) is 11.7 Å². The van der Waals surface area contributed by atoms with E-state index in [-0.39, 0.29) is 0 Å². The maximum absolute atomic E-state index is 5.83. The smallest absolute Gasteiger partial charge is 0.0795 e. The Labute approximate surface area is 95.3 Å². The van der Waals surface area contributed by atoms with E-state index >= 15 is 0 Å². The van der Waals surface area contributed by atoms with Gasteiger partial charge < -0.3 is 5.73 Å². The second-order valence-corrected chi connectivity index (χ2v) is 5.19. The highest BCUT2D eigenvalue weighted by Gasteiger charge is 2.25. The first-order valence-electron chi connectivity index (χ1n) is 5.60. The van der Waals surface area contributed by atoms with E-state index in [4.69, 9.17) is 5.73 Å². The Morgan fingerprint density at radius 1 is 1.67 bits per heavy atom. The van der Waals surface area contributed by atoms with Crippen molar-refractivity contribution in [3.8, 4) is 0 Å². The minimum Gasteiger partial charge on any atom is -0.329 e. The number of rotatable bonds is 3. The molecule has 4 heteroatoms. The van der Waals surface area contributed by atoms with Crippen LogP contribution < -0.4 is 5.73 Å². The normalized spacial score (nSPS) is 28.1. The van der Waals surface area contributed by atoms with Gasteiger partial charge in [0, 0.05) is 24.5 Å². The number of likely N-dealkylation sites (tertiary alicyclic amines) is 1. The first kappa shape index (κ1) is 11.0. The van der Waals surface area contributed by atoms with Crippen LogP contribution in [0.3, 0.4) is 0 Å². The van der Waals surface area contributed by atoms with Gasteiger partial charge in [0.05, 0.1) is 11.2 Å². The molecule has 3 nitrogen and oxygen atoms in total. The summed E-state index contributed by atoms with van der Waals surface area (Å²) in [6, 6.07) is 0.551. The lowest BCUT2D eigenvalue weighted by Crippen LogP contribution is -2.45. The first-order chi connectivity index (χ1) is 7.29. The summed E-state index contributed by atoms with van der Waals surface area (Å²) in [6.07, 6.45) is 2.53. The van der Waals surface area contributed by atoms with E-state index in [9.17, 15) is 0 Å². The number of piperidine rings is 1. The number of hydrogen-bond donors (Lipinski definition) is 1. The van der Waals surface area contributed by atoms with Crippen molar-refractivity contribution in [3.05, 3.63) is 16.6 Å². The number of hydrogen-bond acceptors (Lipinski definition) is 4. The van der Waals surface area contributed by atoms with E-state index < -0.39 is 0 Å². The maximum Gasteiger partial charge on any atom is 0.0795 e. The van der Waals surface area contributed by atoms with Gasteiger partial charge in [-0.15, -0.1) is 11.3 Å². The zero-order chi connectivity index (χ0) is 10.7. The Bertz CT molecular complexity index is 286. The number of nitrogens with two attached hydrogens (primary N) is 1. The topological polar surface area (TPSA) is 42.2 Å². The molecule has 1 aliphatic heterocycles. The predicted molar refractivity (Wildman–Crippen MR) is 63.8 cm³/mol. The molecule has 15 heavy (non-hydrogen) atoms. The summed E-state index contributed by atoms with van der Waals surface area (Å²) in [5.74, 6) is 0.824. The molecule has 0 saturated carbocycles. The standard InChI is InChI=1S/C11H19N3S/c1-9-2-3-14(11(4-9)5-12)6-10-7-15-8-13-10/h7-9,11H,2-6,12H2,1H3. The minimum absolute atomic E-state index is 0.551. The molecule has 0 aliphatic carbocycles. The minimum atomic E-state index is 0.551. The average Bonchev–Trinajstić information content (AvgIpc) is 2.73. The molecule has 1 saturated heterocycles. The highest BCUT2D eigenvalue weighted by Crippen LogP contribution is 2.23. The van der Waals surface area contributed by atoms with Crippen molar-refractivity contribution in [1.29, 1.82) is 0 Å². The molecule has 0 radical (unpaired) electrons. The highest BCUT2D eigenvalue weighted by molar-refractivity contribution is 7.07. The Kier molecular flexibility index (Phi) is 3.72. The Hall–Kier alpha value is -0.450. The van der Waals surface area contributed by atoms with Crippen molar-refractivity contribution in [2.75, 3.05) is 13.1 Å². The maximum atomic E-state index is 5.83. The van der Waals surface area contributed by atoms with Gasteiger partial charge in [-0.25, -0.2) is 4.98 Å². The quantitative estimate of drug-likeness (QED) is 0.851. The van der Waals surface area contributed by atoms with Crippen molar-refractivity contribution < 1.29 is 0 Å². The van der Waals surface area contributed by atoms with Crippen LogP contribution in [-0.2, 0) is 6.54 Å². The van der Waals surface area contributed by atoms with Crippen LogP contribution in [-0.4, -0.2) is 29.0 Å². The molecule has 2 N–H and O–H groups in total. The van der Waals surface area contributed by atoms with Gasteiger partial charge in [-0.3, -0.25) is 4.90 Å². The Balaban J connectivity index is 1.95. The Morgan fingerprint density at radius 2 is 2.53 bits per heavy atom. The molecule has 84 valence electrons. The molecular weight excluding hydrogens is 206 g/mol. The fourth-order valence-electron chi connectivity index (χ4n) is 2.28. The van der Waals surface area contributed by atoms with Gasteiger partial charge in [-0.05, 0) is 25.3 Å². The van der Waals surface area contributed by atoms with Crippen molar-refractivity contribution in [3.63, 3.8) is 0 Å². The summed E-state index contributed by atoms with van der Waals surface area (Å²) in [5.41, 5.74) is 8.92. The lowest BCUT2D eigenvalue weighted by Gasteiger charge is -2.37. The van der Waals surface area contributed by atoms with Gasteiger partial charge in [0.15, 0.2) is 0 Å². The molecule has 0 spiro atoms. The van der Waals surface area contributed by atoms with E-state index in [0.717, 1.165) is 19.0 Å². The summed E-state index contributed by atoms with van der Waals surface area (Å²) >= 11 is 1.67. The second-order valence-electron chi connectivity index (χ2n) is 4.47. The lowest BCUT2D eigenvalue weighted by atomic mass is 9.92. The zero-order valence-corrected chi connectivity index (χ0v) is 10.0. The summed E-state index contributed by atoms with van der Waals surface area (Å²) < 4.78 is 0. The van der Waals surface area contributed by atoms with Crippen molar-refractivity contribution >= 4 is 11.3 Å². The van der Waals surface area contributed by atoms with Crippen LogP contribution >= 0.6 is 11.3 Å². The number of thiazole rings is 1. The molecule has 0 bridgehead atoms. The first-order valence-corrected chi connectivity index (χ1v) is 6.55. The fraction of sp³-hybridized carbons (Fsp3) is 0.727. The van der Waals surface area contributed by atoms with E-state index in [1.807, 2.05) is 5.51 Å². The third kappa shape index (κ3) is 2.77. The van der Waals surface area contributed by atoms with Gasteiger partial charge >= 0.3 is 0 Å². The number of aromatic nitrogens is 1. The van der Waals surface area contributed by atoms with E-state index in [2.05, 4.69) is 22.2 Å². The van der Waals surface area contributed by atoms with Crippen LogP contribution in [0.2, 0.25) is 0 Å². The van der Waals surface area contributed by atoms with Crippen molar-refractivity contribution in [2.45, 2.75) is 32.4 Å². The molecule has 1 fully saturated rings. The Morgan fingerprint density at radius 3 is 3.20 bits per heavy atom. The van der Waals surface area contributed by atoms with Crippen LogP contribution in [0.25, 0.3) is 0 Å². The molecular formula is C11H19N3S. The third-order valence-electron chi connectivity index (χ3n) is 3.22. The van der Waals surface area contributed by atoms with Crippen molar-refractivity contribution in [1.82, 2.24) is 9.88 Å². The van der Waals surface area contributed by atoms with Gasteiger partial charge in [-0.2, -0.15) is 0 Å². The average molecular weight is 225 g/mol. The predicted octanol–water partition coefficient (Wildman–Crippen LogP) is 1.70. The molecule has 0 aromatic carbocycles. The SMILES string of the molecule is CC1CCN(Cc2cscn2)C(CN)C1. The number of nitrogens with zero attached hydrogens (tertiary/aromatic N) is 2. The van der Waals surface area contributed by atoms with Crippen LogP contribution in [0, 0.1) is 5.92 Å². The summed E-state index contributed by atoms with van der Waals surface area (Å²) in [4.78, 5) is 6.82. The summed E-state index contributed by atoms with van der Waals surface area (Å²) in [6.45, 7) is 5.23. The molecule has 1 aromatic heterocycles. The molecule has 2 unspecified atom stereocenters. The van der Waals surface area contributed by atoms with Gasteiger partial charge in [0.25, 0.3) is 0 Å². The van der Waals surface area contributed by atoms with Crippen LogP contribution in [0.4, 0.5) is 0 Å². The molecule has 1 aromatic rings. The van der Waals surface area contributed by atoms with E-state index in [1.165, 1.54) is 25.1 Å².